The number of anilines is 1. The van der Waals surface area contributed by atoms with Gasteiger partial charge in [-0.15, -0.1) is 0 Å². The molecule has 1 aliphatic rings. The van der Waals surface area contributed by atoms with Crippen molar-refractivity contribution < 1.29 is 9.59 Å². The lowest BCUT2D eigenvalue weighted by molar-refractivity contribution is -0.126. The zero-order chi connectivity index (χ0) is 13.1. The van der Waals surface area contributed by atoms with E-state index in [-0.39, 0.29) is 11.8 Å². The van der Waals surface area contributed by atoms with Crippen LogP contribution in [-0.2, 0) is 9.59 Å². The normalized spacial score (nSPS) is 20.1. The molecule has 2 rings (SSSR count). The molecule has 3 N–H and O–H groups in total. The van der Waals surface area contributed by atoms with Gasteiger partial charge in [0, 0.05) is 12.1 Å². The molecule has 7 heteroatoms. The van der Waals surface area contributed by atoms with Crippen molar-refractivity contribution in [3.05, 3.63) is 10.2 Å². The van der Waals surface area contributed by atoms with Gasteiger partial charge >= 0.3 is 0 Å². The first kappa shape index (κ1) is 13.1. The van der Waals surface area contributed by atoms with E-state index in [1.54, 1.807) is 0 Å². The highest BCUT2D eigenvalue weighted by atomic mass is 79.9. The number of carbonyl (C=O) groups excluding carboxylic acids is 2. The molecule has 2 heterocycles. The van der Waals surface area contributed by atoms with E-state index in [0.717, 1.165) is 23.0 Å². The minimum atomic E-state index is -0.469. The summed E-state index contributed by atoms with van der Waals surface area (Å²) in [4.78, 5) is 23.4. The smallest absolute Gasteiger partial charge is 0.248 e. The lowest BCUT2D eigenvalue weighted by Gasteiger charge is -2.14. The molecule has 1 saturated heterocycles. The Hall–Kier alpha value is -1.37. The number of carbonyl (C=O) groups is 2. The Bertz CT molecular complexity index is 472. The van der Waals surface area contributed by atoms with E-state index in [4.69, 9.17) is 0 Å². The van der Waals surface area contributed by atoms with E-state index in [1.165, 1.54) is 0 Å². The van der Waals surface area contributed by atoms with Crippen LogP contribution in [0, 0.1) is 6.92 Å². The Balaban J connectivity index is 2.02. The van der Waals surface area contributed by atoms with Gasteiger partial charge in [0.15, 0.2) is 5.82 Å². The fraction of sp³-hybridized carbons (Fsp3) is 0.545. The Morgan fingerprint density at radius 1 is 1.50 bits per heavy atom. The van der Waals surface area contributed by atoms with Gasteiger partial charge in [-0.3, -0.25) is 14.7 Å². The van der Waals surface area contributed by atoms with Crippen LogP contribution in [0.4, 0.5) is 5.82 Å². The topological polar surface area (TPSA) is 86.9 Å². The van der Waals surface area contributed by atoms with Crippen LogP contribution < -0.4 is 10.6 Å². The van der Waals surface area contributed by atoms with E-state index in [1.807, 2.05) is 6.92 Å². The number of aromatic nitrogens is 2. The van der Waals surface area contributed by atoms with Crippen molar-refractivity contribution in [2.75, 3.05) is 5.32 Å². The fourth-order valence-corrected chi connectivity index (χ4v) is 2.15. The summed E-state index contributed by atoms with van der Waals surface area (Å²) in [5, 5.41) is 12.2. The minimum Gasteiger partial charge on any atom is -0.344 e. The molecule has 0 aliphatic carbocycles. The number of rotatable bonds is 2. The zero-order valence-electron chi connectivity index (χ0n) is 10.0. The molecular weight excluding hydrogens is 300 g/mol. The minimum absolute atomic E-state index is 0.0649. The number of halogens is 1. The van der Waals surface area contributed by atoms with Crippen LogP contribution in [-0.4, -0.2) is 28.1 Å². The van der Waals surface area contributed by atoms with Crippen LogP contribution in [0.3, 0.4) is 0 Å². The van der Waals surface area contributed by atoms with Crippen molar-refractivity contribution >= 4 is 33.6 Å². The first-order valence-corrected chi connectivity index (χ1v) is 6.68. The van der Waals surface area contributed by atoms with Crippen molar-refractivity contribution in [2.45, 2.75) is 38.6 Å². The monoisotopic (exact) mass is 314 g/mol. The van der Waals surface area contributed by atoms with Crippen LogP contribution in [0.15, 0.2) is 4.47 Å². The van der Waals surface area contributed by atoms with Gasteiger partial charge < -0.3 is 10.6 Å². The largest absolute Gasteiger partial charge is 0.344 e. The lowest BCUT2D eigenvalue weighted by Crippen LogP contribution is -2.42. The number of nitrogens with zero attached hydrogens (tertiary/aromatic N) is 1. The van der Waals surface area contributed by atoms with E-state index >= 15 is 0 Å². The van der Waals surface area contributed by atoms with Crippen LogP contribution in [0.5, 0.6) is 0 Å². The van der Waals surface area contributed by atoms with Crippen molar-refractivity contribution in [2.24, 2.45) is 0 Å². The summed E-state index contributed by atoms with van der Waals surface area (Å²) in [7, 11) is 0. The number of hydrogen-bond acceptors (Lipinski definition) is 3. The van der Waals surface area contributed by atoms with Crippen molar-refractivity contribution in [1.82, 2.24) is 15.5 Å². The van der Waals surface area contributed by atoms with E-state index in [9.17, 15) is 9.59 Å². The van der Waals surface area contributed by atoms with Gasteiger partial charge in [0.25, 0.3) is 0 Å². The van der Waals surface area contributed by atoms with Crippen LogP contribution in [0.1, 0.15) is 31.4 Å². The summed E-state index contributed by atoms with van der Waals surface area (Å²) in [6, 6.07) is -0.469. The molecule has 0 saturated carbocycles. The van der Waals surface area contributed by atoms with E-state index < -0.39 is 6.04 Å². The number of aryl methyl sites for hydroxylation is 1. The molecule has 1 fully saturated rings. The van der Waals surface area contributed by atoms with E-state index in [0.29, 0.717) is 18.7 Å². The molecular formula is C11H15BrN4O2. The standard InChI is InChI=1S/C11H15BrN4O2/c1-6-9(12)10(16-15-6)14-11(18)7-4-2-3-5-8(17)13-7/h7H,2-5H2,1H3,(H,13,17)(H2,14,15,16,18)/t7-/m1/s1. The first-order chi connectivity index (χ1) is 8.58. The average Bonchev–Trinajstić information content (AvgIpc) is 2.57. The maximum Gasteiger partial charge on any atom is 0.248 e. The Morgan fingerprint density at radius 2 is 2.28 bits per heavy atom. The molecule has 2 amide bonds. The number of aromatic amines is 1. The maximum atomic E-state index is 12.0. The summed E-state index contributed by atoms with van der Waals surface area (Å²) in [6.45, 7) is 1.85. The van der Waals surface area contributed by atoms with Gasteiger partial charge in [0.1, 0.15) is 6.04 Å². The van der Waals surface area contributed by atoms with Crippen LogP contribution in [0.2, 0.25) is 0 Å². The fourth-order valence-electron chi connectivity index (χ4n) is 1.87. The van der Waals surface area contributed by atoms with Gasteiger partial charge in [-0.1, -0.05) is 6.42 Å². The highest BCUT2D eigenvalue weighted by Crippen LogP contribution is 2.23. The number of H-pyrrole nitrogens is 1. The second kappa shape index (κ2) is 5.51. The van der Waals surface area contributed by atoms with Gasteiger partial charge in [-0.25, -0.2) is 0 Å². The average molecular weight is 315 g/mol. The summed E-state index contributed by atoms with van der Waals surface area (Å²) in [5.41, 5.74) is 0.843. The molecule has 0 radical (unpaired) electrons. The number of hydrogen-bond donors (Lipinski definition) is 3. The zero-order valence-corrected chi connectivity index (χ0v) is 11.6. The summed E-state index contributed by atoms with van der Waals surface area (Å²) < 4.78 is 0.732. The van der Waals surface area contributed by atoms with E-state index in [2.05, 4.69) is 36.8 Å². The molecule has 98 valence electrons. The molecule has 0 spiro atoms. The van der Waals surface area contributed by atoms with Gasteiger partial charge in [0.05, 0.1) is 4.47 Å². The molecule has 1 atom stereocenters. The molecule has 1 aromatic rings. The Morgan fingerprint density at radius 3 is 2.94 bits per heavy atom. The molecule has 18 heavy (non-hydrogen) atoms. The quantitative estimate of drug-likeness (QED) is 0.772. The summed E-state index contributed by atoms with van der Waals surface area (Å²) in [5.74, 6) is 0.165. The molecule has 0 unspecified atom stereocenters. The maximum absolute atomic E-state index is 12.0. The molecule has 1 aliphatic heterocycles. The number of amides is 2. The highest BCUT2D eigenvalue weighted by molar-refractivity contribution is 9.10. The second-order valence-corrected chi connectivity index (χ2v) is 5.16. The van der Waals surface area contributed by atoms with Gasteiger partial charge in [-0.05, 0) is 35.7 Å². The van der Waals surface area contributed by atoms with Gasteiger partial charge in [0.2, 0.25) is 11.8 Å². The third-order valence-electron chi connectivity index (χ3n) is 2.91. The van der Waals surface area contributed by atoms with Crippen molar-refractivity contribution in [3.63, 3.8) is 0 Å². The first-order valence-electron chi connectivity index (χ1n) is 5.88. The Kier molecular flexibility index (Phi) is 4.00. The predicted octanol–water partition coefficient (Wildman–Crippen LogP) is 1.48. The SMILES string of the molecule is Cc1[nH]nc(NC(=O)[C@H]2CCCCC(=O)N2)c1Br. The van der Waals surface area contributed by atoms with Crippen LogP contribution in [0.25, 0.3) is 0 Å². The highest BCUT2D eigenvalue weighted by Gasteiger charge is 2.24. The molecule has 0 bridgehead atoms. The third kappa shape index (κ3) is 2.90. The second-order valence-electron chi connectivity index (χ2n) is 4.37. The predicted molar refractivity (Wildman–Crippen MR) is 70.1 cm³/mol. The Labute approximate surface area is 113 Å². The summed E-state index contributed by atoms with van der Waals surface area (Å²) in [6.07, 6.45) is 2.87. The van der Waals surface area contributed by atoms with Crippen LogP contribution >= 0.6 is 15.9 Å². The summed E-state index contributed by atoms with van der Waals surface area (Å²) >= 11 is 3.33. The molecule has 6 nitrogen and oxygen atoms in total. The molecule has 1 aromatic heterocycles. The molecule has 0 aromatic carbocycles. The third-order valence-corrected chi connectivity index (χ3v) is 3.88. The number of nitrogens with one attached hydrogen (secondary N) is 3. The van der Waals surface area contributed by atoms with Crippen molar-refractivity contribution in [3.8, 4) is 0 Å². The van der Waals surface area contributed by atoms with Crippen molar-refractivity contribution in [1.29, 1.82) is 0 Å². The van der Waals surface area contributed by atoms with Gasteiger partial charge in [-0.2, -0.15) is 5.10 Å². The lowest BCUT2D eigenvalue weighted by atomic mass is 10.1.